The Bertz CT molecular complexity index is 1020. The van der Waals surface area contributed by atoms with Gasteiger partial charge in [-0.05, 0) is 56.3 Å². The lowest BCUT2D eigenvalue weighted by molar-refractivity contribution is 0.102. The molecule has 1 amide bonds. The third kappa shape index (κ3) is 3.48. The number of anilines is 1. The maximum atomic E-state index is 12.9. The van der Waals surface area contributed by atoms with Gasteiger partial charge in [0.05, 0.1) is 6.54 Å². The average Bonchev–Trinajstić information content (AvgIpc) is 3.09. The summed E-state index contributed by atoms with van der Waals surface area (Å²) in [6, 6.07) is 11.3. The van der Waals surface area contributed by atoms with Gasteiger partial charge in [0.1, 0.15) is 5.56 Å². The number of aromatic nitrogens is 1. The molecule has 134 valence electrons. The van der Waals surface area contributed by atoms with Crippen LogP contribution in [-0.4, -0.2) is 10.5 Å². The van der Waals surface area contributed by atoms with Crippen LogP contribution in [0.25, 0.3) is 0 Å². The number of thiophene rings is 1. The molecule has 4 nitrogen and oxygen atoms in total. The standard InChI is InChI=1S/C21H22N2O2S/c1-13-7-5-9-18(15(13)3)22-21(25)20-16(4)23(14(2)11-19(20)24)12-17-8-6-10-26-17/h5-11H,12H2,1-4H3,(H,22,25). The van der Waals surface area contributed by atoms with Crippen LogP contribution in [0.2, 0.25) is 0 Å². The largest absolute Gasteiger partial charge is 0.343 e. The number of carbonyl (C=O) groups excluding carboxylic acids is 1. The summed E-state index contributed by atoms with van der Waals surface area (Å²) < 4.78 is 2.02. The molecule has 1 aromatic carbocycles. The molecule has 0 aliphatic heterocycles. The Morgan fingerprint density at radius 3 is 2.58 bits per heavy atom. The van der Waals surface area contributed by atoms with Crippen LogP contribution in [-0.2, 0) is 6.54 Å². The first-order valence-electron chi connectivity index (χ1n) is 8.49. The van der Waals surface area contributed by atoms with Crippen molar-refractivity contribution in [3.05, 3.63) is 85.0 Å². The Kier molecular flexibility index (Phi) is 5.09. The van der Waals surface area contributed by atoms with Gasteiger partial charge in [0.2, 0.25) is 0 Å². The van der Waals surface area contributed by atoms with Crippen molar-refractivity contribution in [2.75, 3.05) is 5.32 Å². The SMILES string of the molecule is Cc1cccc(NC(=O)c2c(C)n(Cc3cccs3)c(C)cc2=O)c1C. The fourth-order valence-electron chi connectivity index (χ4n) is 3.07. The molecular weight excluding hydrogens is 344 g/mol. The molecule has 0 radical (unpaired) electrons. The minimum Gasteiger partial charge on any atom is -0.343 e. The summed E-state index contributed by atoms with van der Waals surface area (Å²) in [6.07, 6.45) is 0. The topological polar surface area (TPSA) is 51.1 Å². The number of pyridine rings is 1. The van der Waals surface area contributed by atoms with E-state index in [1.807, 2.05) is 61.9 Å². The first-order chi connectivity index (χ1) is 12.4. The van der Waals surface area contributed by atoms with E-state index in [1.54, 1.807) is 17.4 Å². The smallest absolute Gasteiger partial charge is 0.261 e. The fourth-order valence-corrected chi connectivity index (χ4v) is 3.76. The second-order valence-corrected chi connectivity index (χ2v) is 7.51. The van der Waals surface area contributed by atoms with E-state index in [4.69, 9.17) is 0 Å². The van der Waals surface area contributed by atoms with Crippen molar-refractivity contribution in [3.8, 4) is 0 Å². The molecule has 2 aromatic heterocycles. The molecule has 1 N–H and O–H groups in total. The maximum absolute atomic E-state index is 12.9. The summed E-state index contributed by atoms with van der Waals surface area (Å²) in [6.45, 7) is 8.34. The summed E-state index contributed by atoms with van der Waals surface area (Å²) in [7, 11) is 0. The normalized spacial score (nSPS) is 10.8. The molecule has 26 heavy (non-hydrogen) atoms. The summed E-state index contributed by atoms with van der Waals surface area (Å²) >= 11 is 1.66. The van der Waals surface area contributed by atoms with Crippen molar-refractivity contribution in [2.24, 2.45) is 0 Å². The molecule has 0 atom stereocenters. The average molecular weight is 366 g/mol. The van der Waals surface area contributed by atoms with E-state index < -0.39 is 0 Å². The highest BCUT2D eigenvalue weighted by Crippen LogP contribution is 2.20. The van der Waals surface area contributed by atoms with Crippen LogP contribution < -0.4 is 10.7 Å². The Hall–Kier alpha value is -2.66. The predicted molar refractivity (Wildman–Crippen MR) is 107 cm³/mol. The molecule has 0 unspecified atom stereocenters. The van der Waals surface area contributed by atoms with Crippen molar-refractivity contribution in [3.63, 3.8) is 0 Å². The zero-order valence-electron chi connectivity index (χ0n) is 15.4. The third-order valence-electron chi connectivity index (χ3n) is 4.75. The van der Waals surface area contributed by atoms with Gasteiger partial charge in [-0.3, -0.25) is 9.59 Å². The van der Waals surface area contributed by atoms with E-state index in [1.165, 1.54) is 4.88 Å². The second-order valence-electron chi connectivity index (χ2n) is 6.48. The molecule has 3 rings (SSSR count). The van der Waals surface area contributed by atoms with E-state index in [0.717, 1.165) is 22.5 Å². The zero-order valence-corrected chi connectivity index (χ0v) is 16.2. The van der Waals surface area contributed by atoms with Gasteiger partial charge in [-0.2, -0.15) is 0 Å². The maximum Gasteiger partial charge on any atom is 0.261 e. The van der Waals surface area contributed by atoms with Gasteiger partial charge in [0.15, 0.2) is 5.43 Å². The summed E-state index contributed by atoms with van der Waals surface area (Å²) in [4.78, 5) is 26.6. The highest BCUT2D eigenvalue weighted by molar-refractivity contribution is 7.09. The summed E-state index contributed by atoms with van der Waals surface area (Å²) in [5.41, 5.74) is 4.33. The van der Waals surface area contributed by atoms with Crippen molar-refractivity contribution >= 4 is 22.9 Å². The number of hydrogen-bond donors (Lipinski definition) is 1. The number of nitrogens with one attached hydrogen (secondary N) is 1. The predicted octanol–water partition coefficient (Wildman–Crippen LogP) is 4.44. The van der Waals surface area contributed by atoms with Gasteiger partial charge in [-0.1, -0.05) is 18.2 Å². The quantitative estimate of drug-likeness (QED) is 0.742. The zero-order chi connectivity index (χ0) is 18.8. The lowest BCUT2D eigenvalue weighted by Crippen LogP contribution is -2.27. The Morgan fingerprint density at radius 2 is 1.88 bits per heavy atom. The summed E-state index contributed by atoms with van der Waals surface area (Å²) in [5, 5.41) is 4.93. The highest BCUT2D eigenvalue weighted by atomic mass is 32.1. The van der Waals surface area contributed by atoms with Gasteiger partial charge in [-0.15, -0.1) is 11.3 Å². The van der Waals surface area contributed by atoms with Crippen LogP contribution in [0.1, 0.15) is 37.7 Å². The number of rotatable bonds is 4. The molecule has 0 aliphatic rings. The van der Waals surface area contributed by atoms with Crippen LogP contribution in [0.5, 0.6) is 0 Å². The minimum absolute atomic E-state index is 0.202. The number of nitrogens with zero attached hydrogens (tertiary/aromatic N) is 1. The number of carbonyl (C=O) groups is 1. The Balaban J connectivity index is 2.00. The molecule has 0 saturated carbocycles. The fraction of sp³-hybridized carbons (Fsp3) is 0.238. The highest BCUT2D eigenvalue weighted by Gasteiger charge is 2.18. The number of benzene rings is 1. The lowest BCUT2D eigenvalue weighted by Gasteiger charge is -2.17. The van der Waals surface area contributed by atoms with Crippen molar-refractivity contribution < 1.29 is 4.79 Å². The van der Waals surface area contributed by atoms with Crippen molar-refractivity contribution in [1.29, 1.82) is 0 Å². The van der Waals surface area contributed by atoms with Gasteiger partial charge in [0, 0.05) is 28.0 Å². The Morgan fingerprint density at radius 1 is 1.12 bits per heavy atom. The number of amides is 1. The lowest BCUT2D eigenvalue weighted by atomic mass is 10.1. The monoisotopic (exact) mass is 366 g/mol. The van der Waals surface area contributed by atoms with E-state index in [9.17, 15) is 9.59 Å². The molecule has 0 saturated heterocycles. The molecule has 0 bridgehead atoms. The minimum atomic E-state index is -0.360. The van der Waals surface area contributed by atoms with Crippen LogP contribution in [0, 0.1) is 27.7 Å². The van der Waals surface area contributed by atoms with Crippen molar-refractivity contribution in [2.45, 2.75) is 34.2 Å². The van der Waals surface area contributed by atoms with E-state index in [-0.39, 0.29) is 16.9 Å². The molecule has 0 fully saturated rings. The van der Waals surface area contributed by atoms with Gasteiger partial charge in [-0.25, -0.2) is 0 Å². The van der Waals surface area contributed by atoms with Crippen LogP contribution >= 0.6 is 11.3 Å². The van der Waals surface area contributed by atoms with Gasteiger partial charge >= 0.3 is 0 Å². The number of hydrogen-bond acceptors (Lipinski definition) is 3. The van der Waals surface area contributed by atoms with Crippen molar-refractivity contribution in [1.82, 2.24) is 4.57 Å². The molecule has 0 spiro atoms. The molecule has 5 heteroatoms. The summed E-state index contributed by atoms with van der Waals surface area (Å²) in [5.74, 6) is -0.360. The second kappa shape index (κ2) is 7.30. The van der Waals surface area contributed by atoms with E-state index >= 15 is 0 Å². The molecular formula is C21H22N2O2S. The van der Waals surface area contributed by atoms with Crippen LogP contribution in [0.4, 0.5) is 5.69 Å². The van der Waals surface area contributed by atoms with E-state index in [2.05, 4.69) is 11.4 Å². The van der Waals surface area contributed by atoms with Gasteiger partial charge in [0.25, 0.3) is 5.91 Å². The Labute approximate surface area is 157 Å². The van der Waals surface area contributed by atoms with E-state index in [0.29, 0.717) is 12.2 Å². The molecule has 3 aromatic rings. The van der Waals surface area contributed by atoms with Gasteiger partial charge < -0.3 is 9.88 Å². The van der Waals surface area contributed by atoms with Crippen LogP contribution in [0.15, 0.2) is 46.6 Å². The molecule has 2 heterocycles. The first-order valence-corrected chi connectivity index (χ1v) is 9.37. The number of aryl methyl sites for hydroxylation is 2. The third-order valence-corrected chi connectivity index (χ3v) is 5.61. The molecule has 0 aliphatic carbocycles. The van der Waals surface area contributed by atoms with Crippen LogP contribution in [0.3, 0.4) is 0 Å². The first kappa shape index (κ1) is 18.1.